The summed E-state index contributed by atoms with van der Waals surface area (Å²) in [6.45, 7) is 4.57. The van der Waals surface area contributed by atoms with Crippen molar-refractivity contribution in [3.63, 3.8) is 0 Å². The zero-order valence-electron chi connectivity index (χ0n) is 9.73. The smallest absolute Gasteiger partial charge is 0.205 e. The lowest BCUT2D eigenvalue weighted by molar-refractivity contribution is 0.333. The number of nitrogens with zero attached hydrogens (tertiary/aromatic N) is 4. The van der Waals surface area contributed by atoms with E-state index in [0.717, 1.165) is 36.2 Å². The van der Waals surface area contributed by atoms with Crippen molar-refractivity contribution < 1.29 is 0 Å². The average molecular weight is 239 g/mol. The van der Waals surface area contributed by atoms with Gasteiger partial charge in [-0.3, -0.25) is 4.90 Å². The fraction of sp³-hybridized carbons (Fsp3) is 0.700. The van der Waals surface area contributed by atoms with Crippen molar-refractivity contribution in [2.45, 2.75) is 26.3 Å². The van der Waals surface area contributed by atoms with E-state index in [9.17, 15) is 0 Å². The van der Waals surface area contributed by atoms with Gasteiger partial charge in [0.05, 0.1) is 12.6 Å². The molecule has 1 N–H and O–H groups in total. The summed E-state index contributed by atoms with van der Waals surface area (Å²) in [5.41, 5.74) is 0. The molecule has 1 aromatic rings. The molecule has 0 spiro atoms. The molecule has 0 aliphatic carbocycles. The van der Waals surface area contributed by atoms with Crippen molar-refractivity contribution in [3.8, 4) is 6.07 Å². The first-order chi connectivity index (χ1) is 7.76. The topological polar surface area (TPSA) is 64.8 Å². The standard InChI is InChI=1S/C10H17N5S/c1-3-6-12-10-14-13-9(16-10)8-15(2)7-4-5-11/h3-4,6-8H2,1-2H3,(H,12,14). The highest BCUT2D eigenvalue weighted by Gasteiger charge is 2.06. The first-order valence-corrected chi connectivity index (χ1v) is 6.19. The van der Waals surface area contributed by atoms with E-state index < -0.39 is 0 Å². The van der Waals surface area contributed by atoms with E-state index in [1.165, 1.54) is 0 Å². The lowest BCUT2D eigenvalue weighted by Gasteiger charge is -2.11. The van der Waals surface area contributed by atoms with Gasteiger partial charge in [0, 0.05) is 19.5 Å². The van der Waals surface area contributed by atoms with Crippen molar-refractivity contribution >= 4 is 16.5 Å². The first-order valence-electron chi connectivity index (χ1n) is 5.38. The molecule has 0 aliphatic rings. The second kappa shape index (κ2) is 7.14. The van der Waals surface area contributed by atoms with Gasteiger partial charge in [0.15, 0.2) is 0 Å². The third-order valence-corrected chi connectivity index (χ3v) is 2.87. The van der Waals surface area contributed by atoms with E-state index in [1.807, 2.05) is 7.05 Å². The van der Waals surface area contributed by atoms with Gasteiger partial charge in [-0.15, -0.1) is 10.2 Å². The maximum absolute atomic E-state index is 8.47. The van der Waals surface area contributed by atoms with Crippen LogP contribution in [0.25, 0.3) is 0 Å². The molecule has 5 nitrogen and oxygen atoms in total. The normalized spacial score (nSPS) is 10.4. The number of nitrogens with one attached hydrogen (secondary N) is 1. The molecule has 0 atom stereocenters. The molecule has 0 bridgehead atoms. The molecule has 0 fully saturated rings. The van der Waals surface area contributed by atoms with Gasteiger partial charge in [-0.05, 0) is 13.5 Å². The number of aromatic nitrogens is 2. The second-order valence-electron chi connectivity index (χ2n) is 3.57. The molecule has 0 aromatic carbocycles. The molecule has 0 aliphatic heterocycles. The third-order valence-electron chi connectivity index (χ3n) is 2.00. The largest absolute Gasteiger partial charge is 0.360 e. The Kier molecular flexibility index (Phi) is 5.75. The summed E-state index contributed by atoms with van der Waals surface area (Å²) in [5, 5.41) is 21.7. The van der Waals surface area contributed by atoms with Gasteiger partial charge in [-0.25, -0.2) is 0 Å². The van der Waals surface area contributed by atoms with Crippen molar-refractivity contribution in [1.82, 2.24) is 15.1 Å². The third kappa shape index (κ3) is 4.55. The second-order valence-corrected chi connectivity index (χ2v) is 4.64. The quantitative estimate of drug-likeness (QED) is 0.784. The van der Waals surface area contributed by atoms with Crippen molar-refractivity contribution in [2.75, 3.05) is 25.5 Å². The number of anilines is 1. The highest BCUT2D eigenvalue weighted by molar-refractivity contribution is 7.15. The minimum absolute atomic E-state index is 0.552. The monoisotopic (exact) mass is 239 g/mol. The van der Waals surface area contributed by atoms with Crippen LogP contribution in [0.5, 0.6) is 0 Å². The lowest BCUT2D eigenvalue weighted by Crippen LogP contribution is -2.18. The molecule has 0 unspecified atom stereocenters. The fourth-order valence-electron chi connectivity index (χ4n) is 1.17. The Morgan fingerprint density at radius 1 is 1.50 bits per heavy atom. The van der Waals surface area contributed by atoms with E-state index in [0.29, 0.717) is 6.42 Å². The molecule has 1 rings (SSSR count). The van der Waals surface area contributed by atoms with Gasteiger partial charge in [0.1, 0.15) is 5.01 Å². The van der Waals surface area contributed by atoms with Gasteiger partial charge < -0.3 is 5.32 Å². The summed E-state index contributed by atoms with van der Waals surface area (Å²) >= 11 is 1.58. The fourth-order valence-corrected chi connectivity index (χ4v) is 2.02. The molecule has 0 saturated carbocycles. The SMILES string of the molecule is CCCNc1nnc(CN(C)CCC#N)s1. The maximum Gasteiger partial charge on any atom is 0.205 e. The van der Waals surface area contributed by atoms with Gasteiger partial charge in [0.25, 0.3) is 0 Å². The Bertz CT molecular complexity index is 343. The number of rotatable bonds is 7. The molecular formula is C10H17N5S. The van der Waals surface area contributed by atoms with Crippen molar-refractivity contribution in [1.29, 1.82) is 5.26 Å². The molecule has 16 heavy (non-hydrogen) atoms. The van der Waals surface area contributed by atoms with Crippen LogP contribution < -0.4 is 5.32 Å². The predicted molar refractivity (Wildman–Crippen MR) is 65.3 cm³/mol. The lowest BCUT2D eigenvalue weighted by atomic mass is 10.4. The summed E-state index contributed by atoms with van der Waals surface area (Å²) < 4.78 is 0. The van der Waals surface area contributed by atoms with Crippen LogP contribution in [0.15, 0.2) is 0 Å². The first kappa shape index (κ1) is 12.9. The summed E-state index contributed by atoms with van der Waals surface area (Å²) in [6.07, 6.45) is 1.63. The highest BCUT2D eigenvalue weighted by atomic mass is 32.1. The van der Waals surface area contributed by atoms with Gasteiger partial charge >= 0.3 is 0 Å². The summed E-state index contributed by atoms with van der Waals surface area (Å²) in [6, 6.07) is 2.13. The minimum atomic E-state index is 0.552. The zero-order valence-corrected chi connectivity index (χ0v) is 10.5. The molecule has 6 heteroatoms. The molecule has 1 heterocycles. The van der Waals surface area contributed by atoms with E-state index >= 15 is 0 Å². The van der Waals surface area contributed by atoms with E-state index in [2.05, 4.69) is 33.4 Å². The van der Waals surface area contributed by atoms with Gasteiger partial charge in [-0.1, -0.05) is 18.3 Å². The van der Waals surface area contributed by atoms with Crippen LogP contribution in [0.3, 0.4) is 0 Å². The molecule has 88 valence electrons. The van der Waals surface area contributed by atoms with Crippen LogP contribution in [0.4, 0.5) is 5.13 Å². The van der Waals surface area contributed by atoms with Crippen LogP contribution >= 0.6 is 11.3 Å². The molecule has 0 saturated heterocycles. The molecule has 0 radical (unpaired) electrons. The Morgan fingerprint density at radius 2 is 2.31 bits per heavy atom. The molecular weight excluding hydrogens is 222 g/mol. The van der Waals surface area contributed by atoms with Crippen LogP contribution in [-0.4, -0.2) is 35.2 Å². The zero-order chi connectivity index (χ0) is 11.8. The predicted octanol–water partition coefficient (Wildman–Crippen LogP) is 1.71. The van der Waals surface area contributed by atoms with Gasteiger partial charge in [-0.2, -0.15) is 5.26 Å². The van der Waals surface area contributed by atoms with Crippen molar-refractivity contribution in [2.24, 2.45) is 0 Å². The summed E-state index contributed by atoms with van der Waals surface area (Å²) in [4.78, 5) is 2.08. The Morgan fingerprint density at radius 3 is 3.00 bits per heavy atom. The Hall–Kier alpha value is -1.19. The Balaban J connectivity index is 2.36. The molecule has 0 amide bonds. The number of nitriles is 1. The average Bonchev–Trinajstić information content (AvgIpc) is 2.71. The maximum atomic E-state index is 8.47. The molecule has 1 aromatic heterocycles. The summed E-state index contributed by atoms with van der Waals surface area (Å²) in [7, 11) is 1.98. The van der Waals surface area contributed by atoms with Crippen LogP contribution in [0, 0.1) is 11.3 Å². The number of hydrogen-bond donors (Lipinski definition) is 1. The van der Waals surface area contributed by atoms with Gasteiger partial charge in [0.2, 0.25) is 5.13 Å². The Labute approximate surface area is 100 Å². The summed E-state index contributed by atoms with van der Waals surface area (Å²) in [5.74, 6) is 0. The van der Waals surface area contributed by atoms with Crippen LogP contribution in [-0.2, 0) is 6.54 Å². The van der Waals surface area contributed by atoms with E-state index in [4.69, 9.17) is 5.26 Å². The van der Waals surface area contributed by atoms with Crippen molar-refractivity contribution in [3.05, 3.63) is 5.01 Å². The van der Waals surface area contributed by atoms with E-state index in [1.54, 1.807) is 11.3 Å². The van der Waals surface area contributed by atoms with Crippen LogP contribution in [0.2, 0.25) is 0 Å². The number of hydrogen-bond acceptors (Lipinski definition) is 6. The highest BCUT2D eigenvalue weighted by Crippen LogP contribution is 2.16. The van der Waals surface area contributed by atoms with Crippen LogP contribution in [0.1, 0.15) is 24.8 Å². The minimum Gasteiger partial charge on any atom is -0.360 e. The van der Waals surface area contributed by atoms with E-state index in [-0.39, 0.29) is 0 Å².